The van der Waals surface area contributed by atoms with E-state index in [-0.39, 0.29) is 23.4 Å². The van der Waals surface area contributed by atoms with Crippen LogP contribution in [0.1, 0.15) is 42.9 Å². The number of benzene rings is 2. The van der Waals surface area contributed by atoms with Gasteiger partial charge >= 0.3 is 0 Å². The number of ether oxygens (including phenoxy) is 1. The van der Waals surface area contributed by atoms with Gasteiger partial charge < -0.3 is 10.1 Å². The number of nitrogens with zero attached hydrogens (tertiary/aromatic N) is 1. The predicted molar refractivity (Wildman–Crippen MR) is 115 cm³/mol. The van der Waals surface area contributed by atoms with Gasteiger partial charge in [0.25, 0.3) is 0 Å². The second-order valence-electron chi connectivity index (χ2n) is 8.17. The number of carbonyl (C=O) groups excluding carboxylic acids is 1. The molecule has 0 bridgehead atoms. The summed E-state index contributed by atoms with van der Waals surface area (Å²) in [5.41, 5.74) is 2.28. The standard InChI is InChI=1S/C23H27FN2O4S/c1-30-19-9-12-21-16(14-19)4-2-6-22(21)25-23(27)17-5-3-13-26(15-17)31(28,29)20-10-7-18(24)8-11-20/h7-12,14,17,22H,2-6,13,15H2,1H3,(H,25,27)/t17-,22-/m0/s1. The van der Waals surface area contributed by atoms with Crippen molar-refractivity contribution in [1.82, 2.24) is 9.62 Å². The summed E-state index contributed by atoms with van der Waals surface area (Å²) in [6, 6.07) is 10.7. The Morgan fingerprint density at radius 1 is 1.13 bits per heavy atom. The van der Waals surface area contributed by atoms with Gasteiger partial charge in [0, 0.05) is 13.1 Å². The molecule has 1 N–H and O–H groups in total. The average molecular weight is 447 g/mol. The van der Waals surface area contributed by atoms with Gasteiger partial charge in [-0.05, 0) is 79.6 Å². The first-order chi connectivity index (χ1) is 14.9. The third-order valence-electron chi connectivity index (χ3n) is 6.19. The molecule has 1 aliphatic heterocycles. The van der Waals surface area contributed by atoms with Crippen LogP contribution in [0.2, 0.25) is 0 Å². The largest absolute Gasteiger partial charge is 0.497 e. The van der Waals surface area contributed by atoms with Crippen molar-refractivity contribution >= 4 is 15.9 Å². The minimum absolute atomic E-state index is 0.0464. The lowest BCUT2D eigenvalue weighted by Crippen LogP contribution is -2.46. The first-order valence-electron chi connectivity index (χ1n) is 10.6. The summed E-state index contributed by atoms with van der Waals surface area (Å²) in [5, 5.41) is 3.15. The number of methoxy groups -OCH3 is 1. The van der Waals surface area contributed by atoms with Crippen LogP contribution < -0.4 is 10.1 Å². The van der Waals surface area contributed by atoms with Gasteiger partial charge in [0.2, 0.25) is 15.9 Å². The van der Waals surface area contributed by atoms with E-state index in [1.807, 2.05) is 18.2 Å². The number of halogens is 1. The molecule has 0 aromatic heterocycles. The maximum atomic E-state index is 13.2. The molecule has 1 amide bonds. The summed E-state index contributed by atoms with van der Waals surface area (Å²) in [6.07, 6.45) is 4.03. The minimum atomic E-state index is -3.76. The van der Waals surface area contributed by atoms with Crippen LogP contribution in [0, 0.1) is 11.7 Å². The minimum Gasteiger partial charge on any atom is -0.497 e. The van der Waals surface area contributed by atoms with Crippen LogP contribution in [0.15, 0.2) is 47.4 Å². The quantitative estimate of drug-likeness (QED) is 0.764. The Balaban J connectivity index is 1.46. The average Bonchev–Trinajstić information content (AvgIpc) is 2.79. The molecule has 0 unspecified atom stereocenters. The summed E-state index contributed by atoms with van der Waals surface area (Å²) >= 11 is 0. The van der Waals surface area contributed by atoms with Gasteiger partial charge in [-0.25, -0.2) is 12.8 Å². The van der Waals surface area contributed by atoms with Crippen molar-refractivity contribution in [3.8, 4) is 5.75 Å². The molecule has 2 atom stereocenters. The topological polar surface area (TPSA) is 75.7 Å². The van der Waals surface area contributed by atoms with Gasteiger partial charge in [-0.2, -0.15) is 4.31 Å². The number of fused-ring (bicyclic) bond motifs is 1. The van der Waals surface area contributed by atoms with E-state index in [1.54, 1.807) is 7.11 Å². The highest BCUT2D eigenvalue weighted by Crippen LogP contribution is 2.33. The van der Waals surface area contributed by atoms with Crippen molar-refractivity contribution in [1.29, 1.82) is 0 Å². The van der Waals surface area contributed by atoms with E-state index in [0.717, 1.165) is 42.7 Å². The highest BCUT2D eigenvalue weighted by atomic mass is 32.2. The van der Waals surface area contributed by atoms with Crippen molar-refractivity contribution in [3.05, 3.63) is 59.4 Å². The number of nitrogens with one attached hydrogen (secondary N) is 1. The third kappa shape index (κ3) is 4.60. The molecule has 2 aromatic rings. The summed E-state index contributed by atoms with van der Waals surface area (Å²) < 4.78 is 45.7. The van der Waals surface area contributed by atoms with Crippen LogP contribution in [0.25, 0.3) is 0 Å². The lowest BCUT2D eigenvalue weighted by Gasteiger charge is -2.33. The van der Waals surface area contributed by atoms with Gasteiger partial charge in [-0.1, -0.05) is 6.07 Å². The van der Waals surface area contributed by atoms with Crippen molar-refractivity contribution in [2.24, 2.45) is 5.92 Å². The summed E-state index contributed by atoms with van der Waals surface area (Å²) in [5.74, 6) is -0.208. The van der Waals surface area contributed by atoms with Crippen LogP contribution in [-0.2, 0) is 21.2 Å². The molecule has 1 aliphatic carbocycles. The number of hydrogen-bond acceptors (Lipinski definition) is 4. The lowest BCUT2D eigenvalue weighted by molar-refractivity contribution is -0.127. The van der Waals surface area contributed by atoms with Crippen molar-refractivity contribution in [3.63, 3.8) is 0 Å². The summed E-state index contributed by atoms with van der Waals surface area (Å²) in [6.45, 7) is 0.489. The number of hydrogen-bond donors (Lipinski definition) is 1. The second-order valence-corrected chi connectivity index (χ2v) is 10.1. The molecule has 2 aliphatic rings. The Bertz CT molecular complexity index is 1060. The van der Waals surface area contributed by atoms with E-state index in [1.165, 1.54) is 22.0 Å². The molecule has 0 saturated carbocycles. The van der Waals surface area contributed by atoms with E-state index in [0.29, 0.717) is 19.4 Å². The Morgan fingerprint density at radius 2 is 1.90 bits per heavy atom. The molecule has 2 aromatic carbocycles. The second kappa shape index (κ2) is 8.96. The van der Waals surface area contributed by atoms with E-state index in [2.05, 4.69) is 5.32 Å². The van der Waals surface area contributed by atoms with Crippen LogP contribution in [0.4, 0.5) is 4.39 Å². The fraction of sp³-hybridized carbons (Fsp3) is 0.435. The molecule has 8 heteroatoms. The Hall–Kier alpha value is -2.45. The molecule has 1 fully saturated rings. The first-order valence-corrected chi connectivity index (χ1v) is 12.1. The van der Waals surface area contributed by atoms with E-state index in [9.17, 15) is 17.6 Å². The van der Waals surface area contributed by atoms with Crippen LogP contribution in [0.3, 0.4) is 0 Å². The maximum Gasteiger partial charge on any atom is 0.243 e. The van der Waals surface area contributed by atoms with Gasteiger partial charge in [-0.15, -0.1) is 0 Å². The number of rotatable bonds is 5. The molecule has 0 spiro atoms. The monoisotopic (exact) mass is 446 g/mol. The summed E-state index contributed by atoms with van der Waals surface area (Å²) in [7, 11) is -2.12. The Kier molecular flexibility index (Phi) is 6.29. The van der Waals surface area contributed by atoms with Crippen LogP contribution in [-0.4, -0.2) is 38.8 Å². The number of carbonyl (C=O) groups is 1. The fourth-order valence-electron chi connectivity index (χ4n) is 4.49. The van der Waals surface area contributed by atoms with E-state index >= 15 is 0 Å². The molecular formula is C23H27FN2O4S. The zero-order chi connectivity index (χ0) is 22.0. The normalized spacial score (nSPS) is 21.9. The van der Waals surface area contributed by atoms with Crippen molar-refractivity contribution < 1.29 is 22.3 Å². The highest BCUT2D eigenvalue weighted by molar-refractivity contribution is 7.89. The predicted octanol–water partition coefficient (Wildman–Crippen LogP) is 3.43. The molecule has 31 heavy (non-hydrogen) atoms. The molecule has 4 rings (SSSR count). The highest BCUT2D eigenvalue weighted by Gasteiger charge is 2.34. The smallest absolute Gasteiger partial charge is 0.243 e. The summed E-state index contributed by atoms with van der Waals surface area (Å²) in [4.78, 5) is 13.1. The number of sulfonamides is 1. The van der Waals surface area contributed by atoms with Gasteiger partial charge in [-0.3, -0.25) is 4.79 Å². The molecule has 166 valence electrons. The first kappa shape index (κ1) is 21.8. The SMILES string of the molecule is COc1ccc2c(c1)CCC[C@@H]2NC(=O)[C@H]1CCCN(S(=O)(=O)c2ccc(F)cc2)C1. The van der Waals surface area contributed by atoms with E-state index in [4.69, 9.17) is 4.74 Å². The number of amides is 1. The zero-order valence-corrected chi connectivity index (χ0v) is 18.3. The zero-order valence-electron chi connectivity index (χ0n) is 17.5. The molecule has 1 saturated heterocycles. The lowest BCUT2D eigenvalue weighted by atomic mass is 9.87. The Labute approximate surface area is 182 Å². The molecule has 1 heterocycles. The van der Waals surface area contributed by atoms with Gasteiger partial charge in [0.05, 0.1) is 24.0 Å². The molecule has 0 radical (unpaired) electrons. The fourth-order valence-corrected chi connectivity index (χ4v) is 6.01. The van der Waals surface area contributed by atoms with Crippen molar-refractivity contribution in [2.45, 2.75) is 43.0 Å². The number of piperidine rings is 1. The molecule has 6 nitrogen and oxygen atoms in total. The van der Waals surface area contributed by atoms with E-state index < -0.39 is 21.8 Å². The maximum absolute atomic E-state index is 13.2. The van der Waals surface area contributed by atoms with Crippen LogP contribution in [0.5, 0.6) is 5.75 Å². The van der Waals surface area contributed by atoms with Gasteiger partial charge in [0.15, 0.2) is 0 Å². The molecular weight excluding hydrogens is 419 g/mol. The van der Waals surface area contributed by atoms with Crippen molar-refractivity contribution in [2.75, 3.05) is 20.2 Å². The number of aryl methyl sites for hydroxylation is 1. The third-order valence-corrected chi connectivity index (χ3v) is 8.07. The van der Waals surface area contributed by atoms with Gasteiger partial charge in [0.1, 0.15) is 11.6 Å². The Morgan fingerprint density at radius 3 is 2.65 bits per heavy atom. The van der Waals surface area contributed by atoms with Crippen LogP contribution >= 0.6 is 0 Å².